The molecule has 0 radical (unpaired) electrons. The Hall–Kier alpha value is -0.830. The summed E-state index contributed by atoms with van der Waals surface area (Å²) in [7, 11) is 0. The summed E-state index contributed by atoms with van der Waals surface area (Å²) in [4.78, 5) is 12.2. The lowest BCUT2D eigenvalue weighted by Gasteiger charge is -2.48. The van der Waals surface area contributed by atoms with Crippen molar-refractivity contribution < 1.29 is 9.90 Å². The number of rotatable bonds is 1. The van der Waals surface area contributed by atoms with E-state index in [9.17, 15) is 4.79 Å². The van der Waals surface area contributed by atoms with Gasteiger partial charge in [-0.3, -0.25) is 4.79 Å². The Balaban J connectivity index is 2.15. The van der Waals surface area contributed by atoms with E-state index in [1.165, 1.54) is 4.90 Å². The third-order valence-corrected chi connectivity index (χ3v) is 1.96. The van der Waals surface area contributed by atoms with E-state index < -0.39 is 0 Å². The second-order valence-corrected chi connectivity index (χ2v) is 2.35. The maximum atomic E-state index is 10.8. The molecule has 2 aliphatic rings. The standard InChI is InChI=1S/C6H7NO2/c8-3-7-5-2-1-4(5)6(7)9/h1-2,4-5,8H,3H2/t4-,5+/m1/s1. The molecule has 0 unspecified atom stereocenters. The van der Waals surface area contributed by atoms with Gasteiger partial charge in [0.1, 0.15) is 6.73 Å². The van der Waals surface area contributed by atoms with Gasteiger partial charge in [-0.25, -0.2) is 0 Å². The molecule has 3 nitrogen and oxygen atoms in total. The number of aliphatic hydroxyl groups is 1. The van der Waals surface area contributed by atoms with Crippen LogP contribution < -0.4 is 0 Å². The Kier molecular flexibility index (Phi) is 0.754. The Morgan fingerprint density at radius 1 is 1.67 bits per heavy atom. The average molecular weight is 125 g/mol. The van der Waals surface area contributed by atoms with Crippen molar-refractivity contribution in [1.82, 2.24) is 4.90 Å². The van der Waals surface area contributed by atoms with Crippen molar-refractivity contribution in [3.8, 4) is 0 Å². The lowest BCUT2D eigenvalue weighted by Crippen LogP contribution is -2.63. The van der Waals surface area contributed by atoms with Crippen LogP contribution in [0, 0.1) is 5.92 Å². The van der Waals surface area contributed by atoms with Gasteiger partial charge < -0.3 is 10.0 Å². The largest absolute Gasteiger partial charge is 0.376 e. The van der Waals surface area contributed by atoms with Crippen molar-refractivity contribution in [2.24, 2.45) is 5.92 Å². The molecule has 1 saturated heterocycles. The molecule has 0 spiro atoms. The zero-order valence-corrected chi connectivity index (χ0v) is 4.82. The van der Waals surface area contributed by atoms with E-state index in [1.54, 1.807) is 0 Å². The smallest absolute Gasteiger partial charge is 0.234 e. The van der Waals surface area contributed by atoms with Crippen LogP contribution in [0.3, 0.4) is 0 Å². The Morgan fingerprint density at radius 2 is 2.44 bits per heavy atom. The van der Waals surface area contributed by atoms with Crippen LogP contribution in [-0.4, -0.2) is 28.7 Å². The fourth-order valence-electron chi connectivity index (χ4n) is 1.27. The Labute approximate surface area is 52.6 Å². The number of aliphatic hydroxyl groups excluding tert-OH is 1. The number of carbonyl (C=O) groups is 1. The first-order valence-electron chi connectivity index (χ1n) is 2.94. The molecule has 0 aromatic carbocycles. The van der Waals surface area contributed by atoms with Gasteiger partial charge in [-0.2, -0.15) is 0 Å². The summed E-state index contributed by atoms with van der Waals surface area (Å²) in [6, 6.07) is 0.225. The number of fused-ring (bicyclic) bond motifs is 1. The van der Waals surface area contributed by atoms with Gasteiger partial charge in [0, 0.05) is 0 Å². The molecule has 1 heterocycles. The van der Waals surface area contributed by atoms with Gasteiger partial charge in [0.25, 0.3) is 0 Å². The normalized spacial score (nSPS) is 37.4. The number of nitrogens with zero attached hydrogens (tertiary/aromatic N) is 1. The number of hydrogen-bond acceptors (Lipinski definition) is 2. The molecule has 2 rings (SSSR count). The molecule has 9 heavy (non-hydrogen) atoms. The molecule has 2 atom stereocenters. The van der Waals surface area contributed by atoms with Gasteiger partial charge in [-0.15, -0.1) is 0 Å². The zero-order valence-electron chi connectivity index (χ0n) is 4.82. The molecule has 1 aliphatic carbocycles. The third kappa shape index (κ3) is 0.390. The molecule has 1 aliphatic heterocycles. The second-order valence-electron chi connectivity index (χ2n) is 2.35. The van der Waals surface area contributed by atoms with Crippen LogP contribution in [-0.2, 0) is 4.79 Å². The second kappa shape index (κ2) is 1.36. The van der Waals surface area contributed by atoms with E-state index in [-0.39, 0.29) is 24.6 Å². The summed E-state index contributed by atoms with van der Waals surface area (Å²) in [6.45, 7) is -0.135. The monoisotopic (exact) mass is 125 g/mol. The van der Waals surface area contributed by atoms with Gasteiger partial charge in [0.05, 0.1) is 12.0 Å². The van der Waals surface area contributed by atoms with Crippen molar-refractivity contribution >= 4 is 5.91 Å². The molecular formula is C6H7NO2. The molecule has 0 aromatic rings. The fourth-order valence-corrected chi connectivity index (χ4v) is 1.27. The highest BCUT2D eigenvalue weighted by molar-refractivity contribution is 5.90. The predicted octanol–water partition coefficient (Wildman–Crippen LogP) is -0.667. The van der Waals surface area contributed by atoms with E-state index >= 15 is 0 Å². The van der Waals surface area contributed by atoms with Gasteiger partial charge in [0.2, 0.25) is 5.91 Å². The van der Waals surface area contributed by atoms with Crippen LogP contribution in [0.2, 0.25) is 0 Å². The van der Waals surface area contributed by atoms with Crippen molar-refractivity contribution in [1.29, 1.82) is 0 Å². The lowest BCUT2D eigenvalue weighted by molar-refractivity contribution is -0.158. The molecule has 48 valence electrons. The van der Waals surface area contributed by atoms with Crippen LogP contribution in [0.4, 0.5) is 0 Å². The summed E-state index contributed by atoms with van der Waals surface area (Å²) in [5.41, 5.74) is 0. The summed E-state index contributed by atoms with van der Waals surface area (Å²) in [5.74, 6) is 0.169. The highest BCUT2D eigenvalue weighted by atomic mass is 16.3. The van der Waals surface area contributed by atoms with E-state index in [0.717, 1.165) is 0 Å². The van der Waals surface area contributed by atoms with Crippen molar-refractivity contribution in [3.63, 3.8) is 0 Å². The van der Waals surface area contributed by atoms with Gasteiger partial charge in [0.15, 0.2) is 0 Å². The number of hydrogen-bond donors (Lipinski definition) is 1. The molecule has 0 aromatic heterocycles. The van der Waals surface area contributed by atoms with Gasteiger partial charge >= 0.3 is 0 Å². The minimum absolute atomic E-state index is 0.0602. The maximum absolute atomic E-state index is 10.8. The van der Waals surface area contributed by atoms with Crippen molar-refractivity contribution in [2.45, 2.75) is 6.04 Å². The number of likely N-dealkylation sites (tertiary alicyclic amines) is 1. The minimum Gasteiger partial charge on any atom is -0.376 e. The van der Waals surface area contributed by atoms with E-state index in [4.69, 9.17) is 5.11 Å². The highest BCUT2D eigenvalue weighted by Gasteiger charge is 2.48. The van der Waals surface area contributed by atoms with E-state index in [0.29, 0.717) is 0 Å². The van der Waals surface area contributed by atoms with Crippen LogP contribution in [0.5, 0.6) is 0 Å². The predicted molar refractivity (Wildman–Crippen MR) is 30.3 cm³/mol. The molecular weight excluding hydrogens is 118 g/mol. The molecule has 1 amide bonds. The molecule has 3 heteroatoms. The van der Waals surface area contributed by atoms with E-state index in [2.05, 4.69) is 0 Å². The lowest BCUT2D eigenvalue weighted by atomic mass is 9.79. The summed E-state index contributed by atoms with van der Waals surface area (Å²) in [5, 5.41) is 8.55. The SMILES string of the molecule is O=C1[C@@H]2C=C[C@@H]2N1CO. The molecule has 0 bridgehead atoms. The fraction of sp³-hybridized carbons (Fsp3) is 0.500. The summed E-state index contributed by atoms with van der Waals surface area (Å²) in [6.07, 6.45) is 3.81. The summed E-state index contributed by atoms with van der Waals surface area (Å²) < 4.78 is 0. The third-order valence-electron chi connectivity index (χ3n) is 1.96. The highest BCUT2D eigenvalue weighted by Crippen LogP contribution is 2.35. The summed E-state index contributed by atoms with van der Waals surface area (Å²) >= 11 is 0. The van der Waals surface area contributed by atoms with Crippen molar-refractivity contribution in [3.05, 3.63) is 12.2 Å². The van der Waals surface area contributed by atoms with Gasteiger partial charge in [-0.05, 0) is 0 Å². The van der Waals surface area contributed by atoms with Crippen molar-refractivity contribution in [2.75, 3.05) is 6.73 Å². The number of β-lactam (4-membered cyclic amide) rings is 1. The number of amides is 1. The first-order chi connectivity index (χ1) is 4.34. The first-order valence-corrected chi connectivity index (χ1v) is 2.94. The van der Waals surface area contributed by atoms with Crippen LogP contribution in [0.15, 0.2) is 12.2 Å². The molecule has 0 saturated carbocycles. The van der Waals surface area contributed by atoms with Crippen LogP contribution in [0.1, 0.15) is 0 Å². The van der Waals surface area contributed by atoms with Crippen LogP contribution >= 0.6 is 0 Å². The first kappa shape index (κ1) is 4.99. The average Bonchev–Trinajstić information content (AvgIpc) is 1.79. The Bertz CT molecular complexity index is 187. The number of carbonyl (C=O) groups excluding carboxylic acids is 1. The molecule has 1 N–H and O–H groups in total. The molecule has 1 fully saturated rings. The quantitative estimate of drug-likeness (QED) is 0.373. The van der Waals surface area contributed by atoms with Crippen LogP contribution in [0.25, 0.3) is 0 Å². The Morgan fingerprint density at radius 3 is 2.67 bits per heavy atom. The topological polar surface area (TPSA) is 40.5 Å². The van der Waals surface area contributed by atoms with E-state index in [1.807, 2.05) is 12.2 Å². The minimum atomic E-state index is -0.135. The maximum Gasteiger partial charge on any atom is 0.234 e. The zero-order chi connectivity index (χ0) is 6.43. The van der Waals surface area contributed by atoms with Gasteiger partial charge in [-0.1, -0.05) is 12.2 Å².